The summed E-state index contributed by atoms with van der Waals surface area (Å²) in [6, 6.07) is 3.82. The molecule has 8 heteroatoms. The van der Waals surface area contributed by atoms with Crippen molar-refractivity contribution in [1.29, 1.82) is 0 Å². The van der Waals surface area contributed by atoms with E-state index < -0.39 is 16.7 Å². The van der Waals surface area contributed by atoms with E-state index in [-0.39, 0.29) is 23.2 Å². The van der Waals surface area contributed by atoms with Gasteiger partial charge in [0.2, 0.25) is 0 Å². The van der Waals surface area contributed by atoms with E-state index in [1.165, 1.54) is 30.2 Å². The van der Waals surface area contributed by atoms with Gasteiger partial charge in [-0.2, -0.15) is 0 Å². The number of likely N-dealkylation sites (tertiary alicyclic amines) is 1. The van der Waals surface area contributed by atoms with Gasteiger partial charge in [-0.15, -0.1) is 0 Å². The first-order valence-electron chi connectivity index (χ1n) is 7.38. The summed E-state index contributed by atoms with van der Waals surface area (Å²) < 4.78 is 5.07. The number of hydrogen-bond acceptors (Lipinski definition) is 5. The molecule has 0 aliphatic carbocycles. The van der Waals surface area contributed by atoms with Gasteiger partial charge in [-0.3, -0.25) is 19.7 Å². The van der Waals surface area contributed by atoms with Gasteiger partial charge in [0.05, 0.1) is 17.7 Å². The van der Waals surface area contributed by atoms with E-state index in [9.17, 15) is 19.7 Å². The number of nitro groups is 1. The fourth-order valence-corrected chi connectivity index (χ4v) is 2.61. The minimum atomic E-state index is -0.822. The Kier molecular flexibility index (Phi) is 5.15. The number of piperidine rings is 1. The molecule has 0 radical (unpaired) electrons. The predicted molar refractivity (Wildman–Crippen MR) is 83.3 cm³/mol. The zero-order valence-electron chi connectivity index (χ0n) is 13.1. The third-order valence-electron chi connectivity index (χ3n) is 3.90. The minimum Gasteiger partial charge on any atom is -0.495 e. The monoisotopic (exact) mass is 321 g/mol. The maximum absolute atomic E-state index is 12.3. The third kappa shape index (κ3) is 3.77. The zero-order chi connectivity index (χ0) is 17.0. The summed E-state index contributed by atoms with van der Waals surface area (Å²) in [4.78, 5) is 36.2. The van der Waals surface area contributed by atoms with Crippen LogP contribution in [0.3, 0.4) is 0 Å². The molecule has 2 rings (SSSR count). The first-order valence-corrected chi connectivity index (χ1v) is 7.38. The number of nitro benzene ring substituents is 1. The van der Waals surface area contributed by atoms with Crippen LogP contribution in [0, 0.1) is 10.1 Å². The van der Waals surface area contributed by atoms with E-state index in [1.807, 2.05) is 6.92 Å². The van der Waals surface area contributed by atoms with Crippen molar-refractivity contribution >= 4 is 23.2 Å². The van der Waals surface area contributed by atoms with Crippen molar-refractivity contribution in [2.75, 3.05) is 19.0 Å². The van der Waals surface area contributed by atoms with Crippen LogP contribution >= 0.6 is 0 Å². The smallest absolute Gasteiger partial charge is 0.314 e. The molecule has 0 spiro atoms. The van der Waals surface area contributed by atoms with Crippen molar-refractivity contribution in [3.05, 3.63) is 28.3 Å². The molecule has 1 aliphatic heterocycles. The van der Waals surface area contributed by atoms with Gasteiger partial charge in [-0.1, -0.05) is 0 Å². The van der Waals surface area contributed by atoms with Gasteiger partial charge in [0.1, 0.15) is 5.75 Å². The summed E-state index contributed by atoms with van der Waals surface area (Å²) in [6.07, 6.45) is 2.76. The number of rotatable bonds is 3. The fourth-order valence-electron chi connectivity index (χ4n) is 2.61. The minimum absolute atomic E-state index is 0.00834. The van der Waals surface area contributed by atoms with Crippen LogP contribution in [0.4, 0.5) is 11.4 Å². The van der Waals surface area contributed by atoms with Crippen LogP contribution in [0.15, 0.2) is 18.2 Å². The molecule has 1 aliphatic rings. The second-order valence-electron chi connectivity index (χ2n) is 5.44. The second kappa shape index (κ2) is 7.08. The molecule has 0 bridgehead atoms. The van der Waals surface area contributed by atoms with Crippen molar-refractivity contribution in [3.63, 3.8) is 0 Å². The molecular weight excluding hydrogens is 302 g/mol. The Labute approximate surface area is 133 Å². The van der Waals surface area contributed by atoms with Gasteiger partial charge >= 0.3 is 11.8 Å². The van der Waals surface area contributed by atoms with Crippen LogP contribution in [0.25, 0.3) is 0 Å². The van der Waals surface area contributed by atoms with Gasteiger partial charge < -0.3 is 15.0 Å². The van der Waals surface area contributed by atoms with Crippen molar-refractivity contribution in [2.24, 2.45) is 0 Å². The van der Waals surface area contributed by atoms with E-state index in [0.717, 1.165) is 19.3 Å². The first-order chi connectivity index (χ1) is 10.9. The Morgan fingerprint density at radius 1 is 1.39 bits per heavy atom. The number of benzene rings is 1. The topological polar surface area (TPSA) is 102 Å². The Morgan fingerprint density at radius 2 is 2.13 bits per heavy atom. The maximum atomic E-state index is 12.3. The van der Waals surface area contributed by atoms with Gasteiger partial charge in [-0.05, 0) is 32.3 Å². The van der Waals surface area contributed by atoms with Gasteiger partial charge in [0.15, 0.2) is 0 Å². The second-order valence-corrected chi connectivity index (χ2v) is 5.44. The fraction of sp³-hybridized carbons (Fsp3) is 0.467. The number of carbonyl (C=O) groups excluding carboxylic acids is 2. The van der Waals surface area contributed by atoms with E-state index in [2.05, 4.69) is 5.32 Å². The first kappa shape index (κ1) is 16.7. The van der Waals surface area contributed by atoms with Crippen LogP contribution in [0.1, 0.15) is 26.2 Å². The lowest BCUT2D eigenvalue weighted by atomic mass is 10.0. The molecule has 1 aromatic rings. The number of methoxy groups -OCH3 is 1. The molecule has 1 N–H and O–H groups in total. The number of non-ortho nitro benzene ring substituents is 1. The highest BCUT2D eigenvalue weighted by atomic mass is 16.6. The summed E-state index contributed by atoms with van der Waals surface area (Å²) in [5.41, 5.74) is -0.0930. The standard InChI is InChI=1S/C15H19N3O5/c1-10-5-3-4-8-17(10)15(20)14(19)16-12-9-11(18(21)22)6-7-13(12)23-2/h6-7,9-10H,3-5,8H2,1-2H3,(H,16,19). The lowest BCUT2D eigenvalue weighted by Gasteiger charge is -2.32. The van der Waals surface area contributed by atoms with E-state index in [1.54, 1.807) is 0 Å². The molecule has 1 aromatic carbocycles. The van der Waals surface area contributed by atoms with Crippen molar-refractivity contribution in [1.82, 2.24) is 4.90 Å². The Balaban J connectivity index is 2.17. The van der Waals surface area contributed by atoms with Crippen LogP contribution in [0.5, 0.6) is 5.75 Å². The van der Waals surface area contributed by atoms with Crippen LogP contribution in [0.2, 0.25) is 0 Å². The number of hydrogen-bond donors (Lipinski definition) is 1. The molecule has 1 unspecified atom stereocenters. The number of nitrogens with zero attached hydrogens (tertiary/aromatic N) is 2. The van der Waals surface area contributed by atoms with Gasteiger partial charge in [0, 0.05) is 24.7 Å². The lowest BCUT2D eigenvalue weighted by molar-refractivity contribution is -0.384. The Morgan fingerprint density at radius 3 is 2.74 bits per heavy atom. The van der Waals surface area contributed by atoms with Crippen molar-refractivity contribution < 1.29 is 19.2 Å². The largest absolute Gasteiger partial charge is 0.495 e. The summed E-state index contributed by atoms with van der Waals surface area (Å²) in [5.74, 6) is -1.20. The summed E-state index contributed by atoms with van der Waals surface area (Å²) in [7, 11) is 1.38. The number of carbonyl (C=O) groups is 2. The molecule has 1 atom stereocenters. The molecule has 1 heterocycles. The molecule has 8 nitrogen and oxygen atoms in total. The number of anilines is 1. The average Bonchev–Trinajstić information content (AvgIpc) is 2.54. The highest BCUT2D eigenvalue weighted by Crippen LogP contribution is 2.29. The third-order valence-corrected chi connectivity index (χ3v) is 3.90. The zero-order valence-corrected chi connectivity index (χ0v) is 13.1. The molecule has 2 amide bonds. The average molecular weight is 321 g/mol. The quantitative estimate of drug-likeness (QED) is 0.521. The van der Waals surface area contributed by atoms with Crippen LogP contribution < -0.4 is 10.1 Å². The number of nitrogens with one attached hydrogen (secondary N) is 1. The predicted octanol–water partition coefficient (Wildman–Crippen LogP) is 1.94. The van der Waals surface area contributed by atoms with Crippen molar-refractivity contribution in [2.45, 2.75) is 32.2 Å². The molecule has 1 fully saturated rings. The summed E-state index contributed by atoms with van der Waals surface area (Å²) in [5, 5.41) is 13.3. The summed E-state index contributed by atoms with van der Waals surface area (Å²) in [6.45, 7) is 2.44. The number of ether oxygens (including phenoxy) is 1. The molecule has 1 saturated heterocycles. The van der Waals surface area contributed by atoms with Crippen LogP contribution in [-0.4, -0.2) is 41.3 Å². The molecule has 0 saturated carbocycles. The maximum Gasteiger partial charge on any atom is 0.314 e. The highest BCUT2D eigenvalue weighted by molar-refractivity contribution is 6.39. The normalized spacial score (nSPS) is 17.5. The Hall–Kier alpha value is -2.64. The lowest BCUT2D eigenvalue weighted by Crippen LogP contribution is -2.47. The van der Waals surface area contributed by atoms with Gasteiger partial charge in [0.25, 0.3) is 5.69 Å². The molecular formula is C15H19N3O5. The molecule has 124 valence electrons. The van der Waals surface area contributed by atoms with E-state index in [0.29, 0.717) is 6.54 Å². The Bertz CT molecular complexity index is 632. The van der Waals surface area contributed by atoms with Crippen LogP contribution in [-0.2, 0) is 9.59 Å². The number of amides is 2. The molecule has 0 aromatic heterocycles. The SMILES string of the molecule is COc1ccc([N+](=O)[O-])cc1NC(=O)C(=O)N1CCCCC1C. The molecule has 23 heavy (non-hydrogen) atoms. The van der Waals surface area contributed by atoms with Crippen molar-refractivity contribution in [3.8, 4) is 5.75 Å². The summed E-state index contributed by atoms with van der Waals surface area (Å²) >= 11 is 0. The van der Waals surface area contributed by atoms with E-state index in [4.69, 9.17) is 4.74 Å². The van der Waals surface area contributed by atoms with Gasteiger partial charge in [-0.25, -0.2) is 0 Å². The highest BCUT2D eigenvalue weighted by Gasteiger charge is 2.28. The van der Waals surface area contributed by atoms with E-state index >= 15 is 0 Å².